The van der Waals surface area contributed by atoms with E-state index in [0.717, 1.165) is 19.0 Å². The molecule has 5 nitrogen and oxygen atoms in total. The van der Waals surface area contributed by atoms with Crippen molar-refractivity contribution in [2.75, 3.05) is 13.1 Å². The predicted molar refractivity (Wildman–Crippen MR) is 68.2 cm³/mol. The SMILES string of the molecule is Cl.N[C@@H]1CCN(Cc2cc(F)ccc2[N+](=O)[O-])C1. The van der Waals surface area contributed by atoms with E-state index in [1.54, 1.807) is 0 Å². The molecule has 0 bridgehead atoms. The Morgan fingerprint density at radius 2 is 2.28 bits per heavy atom. The third kappa shape index (κ3) is 3.38. The Bertz CT molecular complexity index is 444. The van der Waals surface area contributed by atoms with Crippen LogP contribution in [0, 0.1) is 15.9 Å². The summed E-state index contributed by atoms with van der Waals surface area (Å²) in [6.07, 6.45) is 0.878. The van der Waals surface area contributed by atoms with Crippen molar-refractivity contribution in [3.63, 3.8) is 0 Å². The highest BCUT2D eigenvalue weighted by molar-refractivity contribution is 5.85. The highest BCUT2D eigenvalue weighted by Crippen LogP contribution is 2.22. The minimum atomic E-state index is -0.481. The monoisotopic (exact) mass is 275 g/mol. The molecule has 0 unspecified atom stereocenters. The summed E-state index contributed by atoms with van der Waals surface area (Å²) in [4.78, 5) is 12.3. The van der Waals surface area contributed by atoms with E-state index in [-0.39, 0.29) is 24.1 Å². The van der Waals surface area contributed by atoms with Gasteiger partial charge in [0.15, 0.2) is 0 Å². The molecule has 0 saturated carbocycles. The van der Waals surface area contributed by atoms with Crippen molar-refractivity contribution >= 4 is 18.1 Å². The molecular weight excluding hydrogens is 261 g/mol. The van der Waals surface area contributed by atoms with Gasteiger partial charge in [-0.15, -0.1) is 12.4 Å². The molecule has 1 atom stereocenters. The van der Waals surface area contributed by atoms with Crippen molar-refractivity contribution in [1.29, 1.82) is 0 Å². The van der Waals surface area contributed by atoms with Crippen molar-refractivity contribution < 1.29 is 9.31 Å². The van der Waals surface area contributed by atoms with E-state index < -0.39 is 10.7 Å². The molecule has 1 saturated heterocycles. The molecule has 0 amide bonds. The molecule has 1 aliphatic heterocycles. The zero-order valence-electron chi connectivity index (χ0n) is 9.71. The first-order valence-corrected chi connectivity index (χ1v) is 5.47. The second-order valence-corrected chi connectivity index (χ2v) is 4.31. The summed E-state index contributed by atoms with van der Waals surface area (Å²) in [5, 5.41) is 10.8. The molecule has 100 valence electrons. The van der Waals surface area contributed by atoms with Crippen molar-refractivity contribution in [1.82, 2.24) is 4.90 Å². The lowest BCUT2D eigenvalue weighted by Gasteiger charge is -2.15. The summed E-state index contributed by atoms with van der Waals surface area (Å²) in [7, 11) is 0. The van der Waals surface area contributed by atoms with E-state index in [1.807, 2.05) is 4.90 Å². The second-order valence-electron chi connectivity index (χ2n) is 4.31. The highest BCUT2D eigenvalue weighted by Gasteiger charge is 2.22. The molecule has 7 heteroatoms. The highest BCUT2D eigenvalue weighted by atomic mass is 35.5. The maximum absolute atomic E-state index is 13.1. The van der Waals surface area contributed by atoms with Gasteiger partial charge in [-0.05, 0) is 18.6 Å². The summed E-state index contributed by atoms with van der Waals surface area (Å²) in [6.45, 7) is 1.88. The number of nitrogens with zero attached hydrogens (tertiary/aromatic N) is 2. The fraction of sp³-hybridized carbons (Fsp3) is 0.455. The van der Waals surface area contributed by atoms with Gasteiger partial charge < -0.3 is 5.73 Å². The lowest BCUT2D eigenvalue weighted by atomic mass is 10.1. The minimum absolute atomic E-state index is 0. The lowest BCUT2D eigenvalue weighted by molar-refractivity contribution is -0.385. The van der Waals surface area contributed by atoms with Crippen molar-refractivity contribution in [3.8, 4) is 0 Å². The Morgan fingerprint density at radius 1 is 1.56 bits per heavy atom. The van der Waals surface area contributed by atoms with Gasteiger partial charge in [0.05, 0.1) is 4.92 Å². The van der Waals surface area contributed by atoms with Gasteiger partial charge in [0, 0.05) is 37.3 Å². The van der Waals surface area contributed by atoms with Crippen LogP contribution in [0.1, 0.15) is 12.0 Å². The van der Waals surface area contributed by atoms with E-state index in [0.29, 0.717) is 18.7 Å². The fourth-order valence-electron chi connectivity index (χ4n) is 2.11. The van der Waals surface area contributed by atoms with Gasteiger partial charge >= 0.3 is 0 Å². The van der Waals surface area contributed by atoms with E-state index in [2.05, 4.69) is 0 Å². The maximum Gasteiger partial charge on any atom is 0.274 e. The van der Waals surface area contributed by atoms with Crippen LogP contribution in [0.4, 0.5) is 10.1 Å². The summed E-state index contributed by atoms with van der Waals surface area (Å²) >= 11 is 0. The average molecular weight is 276 g/mol. The van der Waals surface area contributed by atoms with E-state index in [1.165, 1.54) is 12.1 Å². The number of hydrogen-bond acceptors (Lipinski definition) is 4. The van der Waals surface area contributed by atoms with Gasteiger partial charge in [0.1, 0.15) is 5.82 Å². The molecule has 2 rings (SSSR count). The first kappa shape index (κ1) is 14.8. The van der Waals surface area contributed by atoms with E-state index in [4.69, 9.17) is 5.73 Å². The van der Waals surface area contributed by atoms with Crippen LogP contribution in [0.5, 0.6) is 0 Å². The summed E-state index contributed by atoms with van der Waals surface area (Å²) in [6, 6.07) is 3.66. The Morgan fingerprint density at radius 3 is 2.83 bits per heavy atom. The molecule has 1 aliphatic rings. The van der Waals surface area contributed by atoms with Crippen LogP contribution in [0.25, 0.3) is 0 Å². The molecule has 1 fully saturated rings. The van der Waals surface area contributed by atoms with E-state index in [9.17, 15) is 14.5 Å². The Hall–Kier alpha value is -1.24. The summed E-state index contributed by atoms with van der Waals surface area (Å²) in [5.41, 5.74) is 6.13. The van der Waals surface area contributed by atoms with Crippen LogP contribution in [0.2, 0.25) is 0 Å². The quantitative estimate of drug-likeness (QED) is 0.673. The van der Waals surface area contributed by atoms with Gasteiger partial charge in [-0.2, -0.15) is 0 Å². The van der Waals surface area contributed by atoms with Gasteiger partial charge in [0.2, 0.25) is 0 Å². The largest absolute Gasteiger partial charge is 0.326 e. The number of benzene rings is 1. The molecule has 1 aromatic carbocycles. The van der Waals surface area contributed by atoms with Crippen LogP contribution < -0.4 is 5.73 Å². The number of nitrogens with two attached hydrogens (primary N) is 1. The van der Waals surface area contributed by atoms with Crippen LogP contribution in [0.3, 0.4) is 0 Å². The zero-order chi connectivity index (χ0) is 12.4. The van der Waals surface area contributed by atoms with E-state index >= 15 is 0 Å². The Kier molecular flexibility index (Phi) is 5.01. The second kappa shape index (κ2) is 6.08. The van der Waals surface area contributed by atoms with Crippen LogP contribution in [-0.2, 0) is 6.54 Å². The molecular formula is C11H15ClFN3O2. The van der Waals surface area contributed by atoms with Gasteiger partial charge in [-0.3, -0.25) is 15.0 Å². The average Bonchev–Trinajstić information content (AvgIpc) is 2.63. The number of nitro benzene ring substituents is 1. The third-order valence-corrected chi connectivity index (χ3v) is 2.94. The standard InChI is InChI=1S/C11H14FN3O2.ClH/c12-9-1-2-11(15(16)17)8(5-9)6-14-4-3-10(13)7-14;/h1-2,5,10H,3-4,6-7,13H2;1H/t10-;/m1./s1. The number of halogens is 2. The minimum Gasteiger partial charge on any atom is -0.326 e. The molecule has 0 aliphatic carbocycles. The lowest BCUT2D eigenvalue weighted by Crippen LogP contribution is -2.26. The van der Waals surface area contributed by atoms with Crippen molar-refractivity contribution in [2.45, 2.75) is 19.0 Å². The molecule has 2 N–H and O–H groups in total. The molecule has 1 aromatic rings. The first-order chi connectivity index (χ1) is 8.06. The molecule has 0 aromatic heterocycles. The van der Waals surface area contributed by atoms with Gasteiger partial charge in [-0.25, -0.2) is 4.39 Å². The first-order valence-electron chi connectivity index (χ1n) is 5.47. The van der Waals surface area contributed by atoms with Crippen LogP contribution >= 0.6 is 12.4 Å². The third-order valence-electron chi connectivity index (χ3n) is 2.94. The van der Waals surface area contributed by atoms with Gasteiger partial charge in [0.25, 0.3) is 5.69 Å². The topological polar surface area (TPSA) is 72.4 Å². The number of likely N-dealkylation sites (tertiary alicyclic amines) is 1. The molecule has 0 spiro atoms. The molecule has 1 heterocycles. The normalized spacial score (nSPS) is 19.6. The Labute approximate surface area is 110 Å². The summed E-state index contributed by atoms with van der Waals surface area (Å²) < 4.78 is 13.1. The number of hydrogen-bond donors (Lipinski definition) is 1. The summed E-state index contributed by atoms with van der Waals surface area (Å²) in [5.74, 6) is -0.450. The van der Waals surface area contributed by atoms with Crippen molar-refractivity contribution in [3.05, 3.63) is 39.7 Å². The number of nitro groups is 1. The van der Waals surface area contributed by atoms with Crippen LogP contribution in [0.15, 0.2) is 18.2 Å². The molecule has 0 radical (unpaired) electrons. The van der Waals surface area contributed by atoms with Gasteiger partial charge in [-0.1, -0.05) is 0 Å². The fourth-order valence-corrected chi connectivity index (χ4v) is 2.11. The number of rotatable bonds is 3. The Balaban J connectivity index is 0.00000162. The van der Waals surface area contributed by atoms with Crippen LogP contribution in [-0.4, -0.2) is 29.0 Å². The molecule has 18 heavy (non-hydrogen) atoms. The maximum atomic E-state index is 13.1. The zero-order valence-corrected chi connectivity index (χ0v) is 10.5. The van der Waals surface area contributed by atoms with Crippen molar-refractivity contribution in [2.24, 2.45) is 5.73 Å². The smallest absolute Gasteiger partial charge is 0.274 e. The predicted octanol–water partition coefficient (Wildman–Crippen LogP) is 1.69.